The Labute approximate surface area is 101 Å². The van der Waals surface area contributed by atoms with Crippen molar-refractivity contribution in [3.8, 4) is 0 Å². The van der Waals surface area contributed by atoms with Gasteiger partial charge in [-0.3, -0.25) is 9.78 Å². The van der Waals surface area contributed by atoms with E-state index in [1.807, 2.05) is 12.2 Å². The molecule has 8 nitrogen and oxygen atoms in total. The lowest BCUT2D eigenvalue weighted by Crippen LogP contribution is -2.19. The Balaban J connectivity index is 2.18. The van der Waals surface area contributed by atoms with Crippen molar-refractivity contribution in [3.63, 3.8) is 0 Å². The maximum absolute atomic E-state index is 11.6. The van der Waals surface area contributed by atoms with E-state index in [0.29, 0.717) is 5.65 Å². The van der Waals surface area contributed by atoms with Crippen LogP contribution in [0.1, 0.15) is 12.5 Å². The van der Waals surface area contributed by atoms with Gasteiger partial charge in [0.15, 0.2) is 11.2 Å². The molecule has 94 valence electrons. The van der Waals surface area contributed by atoms with E-state index < -0.39 is 5.56 Å². The molecule has 0 bridgehead atoms. The fraction of sp³-hybridized carbons (Fsp3) is 0.400. The van der Waals surface area contributed by atoms with Crippen molar-refractivity contribution in [2.45, 2.75) is 12.5 Å². The summed E-state index contributed by atoms with van der Waals surface area (Å²) in [7, 11) is 0. The number of anilines is 1. The zero-order valence-corrected chi connectivity index (χ0v) is 9.45. The van der Waals surface area contributed by atoms with Gasteiger partial charge in [0.25, 0.3) is 5.56 Å². The summed E-state index contributed by atoms with van der Waals surface area (Å²) >= 11 is 0. The molecule has 1 aliphatic carbocycles. The molecule has 8 heteroatoms. The average molecular weight is 248 g/mol. The van der Waals surface area contributed by atoms with Crippen molar-refractivity contribution >= 4 is 17.1 Å². The molecule has 0 aliphatic heterocycles. The maximum atomic E-state index is 11.6. The first-order valence-corrected chi connectivity index (χ1v) is 5.59. The first kappa shape index (κ1) is 10.9. The number of rotatable bonds is 2. The third-order valence-corrected chi connectivity index (χ3v) is 3.12. The Bertz CT molecular complexity index is 673. The number of hydrogen-bond donors (Lipinski definition) is 3. The second-order valence-corrected chi connectivity index (χ2v) is 4.25. The number of aliphatic hydroxyl groups excluding tert-OH is 1. The number of H-pyrrole nitrogens is 1. The number of nitrogens with one attached hydrogen (secondary N) is 1. The van der Waals surface area contributed by atoms with E-state index in [0.717, 1.165) is 6.42 Å². The number of allylic oxidation sites excluding steroid dienone is 2. The summed E-state index contributed by atoms with van der Waals surface area (Å²) in [5.41, 5.74) is 5.60. The minimum absolute atomic E-state index is 0.0252. The van der Waals surface area contributed by atoms with Crippen LogP contribution >= 0.6 is 0 Å². The minimum Gasteiger partial charge on any atom is -0.396 e. The Morgan fingerprint density at radius 3 is 3.22 bits per heavy atom. The second kappa shape index (κ2) is 3.91. The number of aromatic nitrogens is 5. The summed E-state index contributed by atoms with van der Waals surface area (Å²) in [6, 6.07) is -0.145. The molecule has 0 fully saturated rings. The average Bonchev–Trinajstić information content (AvgIpc) is 2.93. The van der Waals surface area contributed by atoms with Crippen molar-refractivity contribution < 1.29 is 5.11 Å². The molecule has 0 spiro atoms. The van der Waals surface area contributed by atoms with Crippen LogP contribution in [0, 0.1) is 5.92 Å². The van der Waals surface area contributed by atoms with Gasteiger partial charge in [-0.1, -0.05) is 17.4 Å². The molecule has 4 N–H and O–H groups in total. The monoisotopic (exact) mass is 248 g/mol. The van der Waals surface area contributed by atoms with Gasteiger partial charge in [-0.2, -0.15) is 4.98 Å². The summed E-state index contributed by atoms with van der Waals surface area (Å²) in [4.78, 5) is 18.0. The number of aromatic amines is 1. The summed E-state index contributed by atoms with van der Waals surface area (Å²) in [5, 5.41) is 17.1. The third-order valence-electron chi connectivity index (χ3n) is 3.12. The molecular formula is C10H12N6O2. The van der Waals surface area contributed by atoms with E-state index >= 15 is 0 Å². The first-order chi connectivity index (χ1) is 8.70. The number of nitrogen functional groups attached to an aromatic ring is 1. The van der Waals surface area contributed by atoms with Crippen molar-refractivity contribution in [3.05, 3.63) is 22.5 Å². The van der Waals surface area contributed by atoms with Gasteiger partial charge in [-0.25, -0.2) is 4.68 Å². The number of nitrogens with two attached hydrogens (primary N) is 1. The molecule has 2 aromatic rings. The largest absolute Gasteiger partial charge is 0.396 e. The predicted octanol–water partition coefficient (Wildman–Crippen LogP) is -0.794. The normalized spacial score (nSPS) is 22.9. The highest BCUT2D eigenvalue weighted by atomic mass is 16.3. The van der Waals surface area contributed by atoms with Crippen LogP contribution in [0.25, 0.3) is 11.2 Å². The Morgan fingerprint density at radius 1 is 1.61 bits per heavy atom. The highest BCUT2D eigenvalue weighted by molar-refractivity contribution is 5.69. The Hall–Kier alpha value is -2.22. The summed E-state index contributed by atoms with van der Waals surface area (Å²) < 4.78 is 1.53. The van der Waals surface area contributed by atoms with Gasteiger partial charge in [0.05, 0.1) is 6.04 Å². The van der Waals surface area contributed by atoms with Crippen LogP contribution in [0.3, 0.4) is 0 Å². The van der Waals surface area contributed by atoms with E-state index in [4.69, 9.17) is 5.73 Å². The first-order valence-electron chi connectivity index (χ1n) is 5.59. The summed E-state index contributed by atoms with van der Waals surface area (Å²) in [5.74, 6) is 0.0517. The van der Waals surface area contributed by atoms with Crippen LogP contribution in [0.5, 0.6) is 0 Å². The van der Waals surface area contributed by atoms with Crippen LogP contribution < -0.4 is 11.3 Å². The van der Waals surface area contributed by atoms with Gasteiger partial charge in [-0.05, 0) is 6.42 Å². The van der Waals surface area contributed by atoms with Gasteiger partial charge in [0.2, 0.25) is 5.95 Å². The van der Waals surface area contributed by atoms with Crippen LogP contribution in [0.15, 0.2) is 16.9 Å². The van der Waals surface area contributed by atoms with Crippen LogP contribution in [-0.4, -0.2) is 36.7 Å². The highest BCUT2D eigenvalue weighted by Crippen LogP contribution is 2.30. The smallest absolute Gasteiger partial charge is 0.282 e. The van der Waals surface area contributed by atoms with E-state index in [9.17, 15) is 9.90 Å². The molecule has 2 unspecified atom stereocenters. The van der Waals surface area contributed by atoms with Crippen LogP contribution in [0.2, 0.25) is 0 Å². The fourth-order valence-corrected chi connectivity index (χ4v) is 2.21. The third kappa shape index (κ3) is 1.50. The van der Waals surface area contributed by atoms with E-state index in [-0.39, 0.29) is 30.0 Å². The van der Waals surface area contributed by atoms with E-state index in [1.165, 1.54) is 4.68 Å². The molecule has 2 aromatic heterocycles. The molecule has 0 amide bonds. The van der Waals surface area contributed by atoms with Crippen molar-refractivity contribution in [2.24, 2.45) is 5.92 Å². The van der Waals surface area contributed by atoms with Gasteiger partial charge in [0.1, 0.15) is 0 Å². The molecule has 2 atom stereocenters. The molecule has 18 heavy (non-hydrogen) atoms. The molecule has 3 rings (SSSR count). The van der Waals surface area contributed by atoms with Gasteiger partial charge < -0.3 is 10.8 Å². The lowest BCUT2D eigenvalue weighted by Gasteiger charge is -2.16. The molecular weight excluding hydrogens is 236 g/mol. The second-order valence-electron chi connectivity index (χ2n) is 4.25. The van der Waals surface area contributed by atoms with Gasteiger partial charge in [-0.15, -0.1) is 5.10 Å². The standard InChI is InChI=1S/C10H12N6O2/c11-10-12-8-7(9(18)13-10)14-15-16(8)6-3-1-2-5(6)4-17/h1,3,5-6,17H,2,4H2,(H3,11,12,13,18). The lowest BCUT2D eigenvalue weighted by atomic mass is 10.0. The van der Waals surface area contributed by atoms with Gasteiger partial charge >= 0.3 is 0 Å². The Morgan fingerprint density at radius 2 is 2.44 bits per heavy atom. The topological polar surface area (TPSA) is 123 Å². The maximum Gasteiger partial charge on any atom is 0.282 e. The zero-order chi connectivity index (χ0) is 12.7. The molecule has 1 aliphatic rings. The van der Waals surface area contributed by atoms with Crippen molar-refractivity contribution in [1.82, 2.24) is 25.0 Å². The van der Waals surface area contributed by atoms with Crippen molar-refractivity contribution in [2.75, 3.05) is 12.3 Å². The lowest BCUT2D eigenvalue weighted by molar-refractivity contribution is 0.199. The van der Waals surface area contributed by atoms with Crippen LogP contribution in [0.4, 0.5) is 5.95 Å². The Kier molecular flexibility index (Phi) is 2.37. The quantitative estimate of drug-likeness (QED) is 0.598. The summed E-state index contributed by atoms with van der Waals surface area (Å²) in [6.07, 6.45) is 4.66. The molecule has 0 aromatic carbocycles. The number of fused-ring (bicyclic) bond motifs is 1. The fourth-order valence-electron chi connectivity index (χ4n) is 2.21. The van der Waals surface area contributed by atoms with E-state index in [2.05, 4.69) is 20.3 Å². The summed E-state index contributed by atoms with van der Waals surface area (Å²) in [6.45, 7) is 0.0394. The van der Waals surface area contributed by atoms with E-state index in [1.54, 1.807) is 0 Å². The minimum atomic E-state index is -0.411. The molecule has 2 heterocycles. The number of nitrogens with zero attached hydrogens (tertiary/aromatic N) is 4. The van der Waals surface area contributed by atoms with Crippen LogP contribution in [-0.2, 0) is 0 Å². The molecule has 0 radical (unpaired) electrons. The number of aliphatic hydroxyl groups is 1. The van der Waals surface area contributed by atoms with Gasteiger partial charge in [0, 0.05) is 12.5 Å². The SMILES string of the molecule is Nc1nc2c(nnn2C2C=CCC2CO)c(=O)[nH]1. The highest BCUT2D eigenvalue weighted by Gasteiger charge is 2.27. The van der Waals surface area contributed by atoms with Crippen molar-refractivity contribution in [1.29, 1.82) is 0 Å². The predicted molar refractivity (Wildman–Crippen MR) is 63.7 cm³/mol. The molecule has 0 saturated heterocycles. The molecule has 0 saturated carbocycles. The number of hydrogen-bond acceptors (Lipinski definition) is 6. The zero-order valence-electron chi connectivity index (χ0n) is 9.45.